The molecule has 0 aliphatic carbocycles. The molecular weight excluding hydrogens is 423 g/mol. The van der Waals surface area contributed by atoms with Gasteiger partial charge in [0.2, 0.25) is 5.91 Å². The maximum absolute atomic E-state index is 13.0. The number of benzene rings is 2. The Labute approximate surface area is 188 Å². The highest BCUT2D eigenvalue weighted by molar-refractivity contribution is 6.31. The second-order valence-electron chi connectivity index (χ2n) is 7.67. The van der Waals surface area contributed by atoms with Crippen molar-refractivity contribution in [2.24, 2.45) is 5.92 Å². The second kappa shape index (κ2) is 11.2. The summed E-state index contributed by atoms with van der Waals surface area (Å²) >= 11 is 12.1. The Balaban J connectivity index is 2.14. The van der Waals surface area contributed by atoms with Gasteiger partial charge >= 0.3 is 0 Å². The maximum atomic E-state index is 13.0. The quantitative estimate of drug-likeness (QED) is 0.592. The molecule has 0 fully saturated rings. The summed E-state index contributed by atoms with van der Waals surface area (Å²) < 4.78 is 5.67. The lowest BCUT2D eigenvalue weighted by atomic mass is 10.1. The monoisotopic (exact) mass is 450 g/mol. The molecule has 0 spiro atoms. The normalized spacial score (nSPS) is 11.8. The predicted molar refractivity (Wildman–Crippen MR) is 121 cm³/mol. The molecule has 0 bridgehead atoms. The van der Waals surface area contributed by atoms with E-state index in [-0.39, 0.29) is 25.0 Å². The molecule has 1 atom stereocenters. The number of carbonyl (C=O) groups excluding carboxylic acids is 2. The molecule has 1 unspecified atom stereocenters. The lowest BCUT2D eigenvalue weighted by molar-refractivity contribution is -0.142. The minimum absolute atomic E-state index is 0.191. The summed E-state index contributed by atoms with van der Waals surface area (Å²) in [6.45, 7) is 8.21. The summed E-state index contributed by atoms with van der Waals surface area (Å²) in [4.78, 5) is 27.1. The van der Waals surface area contributed by atoms with Crippen molar-refractivity contribution >= 4 is 35.0 Å². The third-order valence-corrected chi connectivity index (χ3v) is 5.24. The largest absolute Gasteiger partial charge is 0.484 e. The Kier molecular flexibility index (Phi) is 9.00. The molecule has 5 nitrogen and oxygen atoms in total. The molecule has 0 heterocycles. The van der Waals surface area contributed by atoms with E-state index in [2.05, 4.69) is 5.32 Å². The fourth-order valence-corrected chi connectivity index (χ4v) is 3.13. The van der Waals surface area contributed by atoms with Crippen LogP contribution in [0.5, 0.6) is 5.75 Å². The smallest absolute Gasteiger partial charge is 0.261 e. The van der Waals surface area contributed by atoms with E-state index in [0.717, 1.165) is 11.1 Å². The van der Waals surface area contributed by atoms with Gasteiger partial charge < -0.3 is 15.0 Å². The van der Waals surface area contributed by atoms with Gasteiger partial charge in [0.15, 0.2) is 6.61 Å². The zero-order chi connectivity index (χ0) is 22.3. The second-order valence-corrected chi connectivity index (χ2v) is 8.51. The molecule has 0 saturated heterocycles. The lowest BCUT2D eigenvalue weighted by Crippen LogP contribution is -2.49. The van der Waals surface area contributed by atoms with E-state index >= 15 is 0 Å². The fraction of sp³-hybridized carbons (Fsp3) is 0.391. The van der Waals surface area contributed by atoms with Crippen molar-refractivity contribution in [3.8, 4) is 5.75 Å². The standard InChI is InChI=1S/C23H28Cl2N2O3/c1-15(2)12-26-23(29)17(4)27(13-18-6-5-7-19(24)11-18)22(28)14-30-20-8-9-21(25)16(3)10-20/h5-11,15,17H,12-14H2,1-4H3,(H,26,29). The predicted octanol–water partition coefficient (Wildman–Crippen LogP) is 4.87. The van der Waals surface area contributed by atoms with Gasteiger partial charge in [-0.05, 0) is 61.2 Å². The van der Waals surface area contributed by atoms with Crippen molar-refractivity contribution in [2.45, 2.75) is 40.3 Å². The van der Waals surface area contributed by atoms with Crippen LogP contribution in [0.15, 0.2) is 42.5 Å². The van der Waals surface area contributed by atoms with E-state index in [1.807, 2.05) is 32.9 Å². The third-order valence-electron chi connectivity index (χ3n) is 4.59. The first kappa shape index (κ1) is 24.0. The summed E-state index contributed by atoms with van der Waals surface area (Å²) in [5.41, 5.74) is 1.69. The number of rotatable bonds is 9. The van der Waals surface area contributed by atoms with Crippen LogP contribution in [-0.4, -0.2) is 35.9 Å². The summed E-state index contributed by atoms with van der Waals surface area (Å²) in [7, 11) is 0. The van der Waals surface area contributed by atoms with E-state index in [1.54, 1.807) is 37.3 Å². The number of aryl methyl sites for hydroxylation is 1. The molecule has 0 radical (unpaired) electrons. The molecule has 30 heavy (non-hydrogen) atoms. The number of carbonyl (C=O) groups is 2. The summed E-state index contributed by atoms with van der Waals surface area (Å²) in [5, 5.41) is 4.09. The van der Waals surface area contributed by atoms with Crippen LogP contribution in [0.25, 0.3) is 0 Å². The molecule has 7 heteroatoms. The minimum Gasteiger partial charge on any atom is -0.484 e. The van der Waals surface area contributed by atoms with E-state index in [1.165, 1.54) is 4.90 Å². The zero-order valence-electron chi connectivity index (χ0n) is 17.7. The van der Waals surface area contributed by atoms with Crippen molar-refractivity contribution in [3.63, 3.8) is 0 Å². The number of hydrogen-bond donors (Lipinski definition) is 1. The van der Waals surface area contributed by atoms with Crippen LogP contribution in [-0.2, 0) is 16.1 Å². The van der Waals surface area contributed by atoms with Gasteiger partial charge in [-0.15, -0.1) is 0 Å². The topological polar surface area (TPSA) is 58.6 Å². The minimum atomic E-state index is -0.661. The molecule has 162 valence electrons. The molecule has 2 aromatic rings. The number of nitrogens with one attached hydrogen (secondary N) is 1. The van der Waals surface area contributed by atoms with Crippen LogP contribution in [0.1, 0.15) is 31.9 Å². The first-order valence-electron chi connectivity index (χ1n) is 9.88. The SMILES string of the molecule is Cc1cc(OCC(=O)N(Cc2cccc(Cl)c2)C(C)C(=O)NCC(C)C)ccc1Cl. The molecule has 2 amide bonds. The molecule has 2 rings (SSSR count). The van der Waals surface area contributed by atoms with E-state index in [4.69, 9.17) is 27.9 Å². The molecular formula is C23H28Cl2N2O3. The van der Waals surface area contributed by atoms with Crippen molar-refractivity contribution in [1.82, 2.24) is 10.2 Å². The van der Waals surface area contributed by atoms with Crippen LogP contribution in [0.2, 0.25) is 10.0 Å². The third kappa shape index (κ3) is 7.22. The van der Waals surface area contributed by atoms with Crippen LogP contribution in [0.3, 0.4) is 0 Å². The first-order chi connectivity index (χ1) is 14.2. The number of nitrogens with zero attached hydrogens (tertiary/aromatic N) is 1. The first-order valence-corrected chi connectivity index (χ1v) is 10.6. The average Bonchev–Trinajstić information content (AvgIpc) is 2.70. The maximum Gasteiger partial charge on any atom is 0.261 e. The van der Waals surface area contributed by atoms with Crippen LogP contribution < -0.4 is 10.1 Å². The van der Waals surface area contributed by atoms with Gasteiger partial charge in [-0.2, -0.15) is 0 Å². The van der Waals surface area contributed by atoms with E-state index < -0.39 is 6.04 Å². The highest BCUT2D eigenvalue weighted by atomic mass is 35.5. The van der Waals surface area contributed by atoms with E-state index in [0.29, 0.717) is 28.3 Å². The average molecular weight is 451 g/mol. The van der Waals surface area contributed by atoms with Crippen molar-refractivity contribution in [2.75, 3.05) is 13.2 Å². The van der Waals surface area contributed by atoms with Crippen molar-refractivity contribution < 1.29 is 14.3 Å². The summed E-state index contributed by atoms with van der Waals surface area (Å²) in [5.74, 6) is 0.357. The zero-order valence-corrected chi connectivity index (χ0v) is 19.3. The van der Waals surface area contributed by atoms with Gasteiger partial charge in [0, 0.05) is 23.1 Å². The van der Waals surface area contributed by atoms with Gasteiger partial charge in [-0.1, -0.05) is 49.2 Å². The highest BCUT2D eigenvalue weighted by Crippen LogP contribution is 2.21. The Morgan fingerprint density at radius 2 is 1.83 bits per heavy atom. The van der Waals surface area contributed by atoms with Crippen molar-refractivity contribution in [3.05, 3.63) is 63.6 Å². The van der Waals surface area contributed by atoms with Gasteiger partial charge in [-0.25, -0.2) is 0 Å². The van der Waals surface area contributed by atoms with Gasteiger partial charge in [-0.3, -0.25) is 9.59 Å². The van der Waals surface area contributed by atoms with Gasteiger partial charge in [0.05, 0.1) is 0 Å². The van der Waals surface area contributed by atoms with Gasteiger partial charge in [0.1, 0.15) is 11.8 Å². The number of hydrogen-bond acceptors (Lipinski definition) is 3. The summed E-state index contributed by atoms with van der Waals surface area (Å²) in [6, 6.07) is 11.8. The fourth-order valence-electron chi connectivity index (χ4n) is 2.80. The lowest BCUT2D eigenvalue weighted by Gasteiger charge is -2.29. The number of amides is 2. The van der Waals surface area contributed by atoms with Crippen LogP contribution in [0, 0.1) is 12.8 Å². The Morgan fingerprint density at radius 3 is 2.47 bits per heavy atom. The van der Waals surface area contributed by atoms with Crippen molar-refractivity contribution in [1.29, 1.82) is 0 Å². The Morgan fingerprint density at radius 1 is 1.10 bits per heavy atom. The van der Waals surface area contributed by atoms with Gasteiger partial charge in [0.25, 0.3) is 5.91 Å². The molecule has 0 saturated carbocycles. The number of ether oxygens (including phenoxy) is 1. The Bertz CT molecular complexity index is 887. The van der Waals surface area contributed by atoms with E-state index in [9.17, 15) is 9.59 Å². The molecule has 0 aromatic heterocycles. The summed E-state index contributed by atoms with van der Waals surface area (Å²) in [6.07, 6.45) is 0. The molecule has 0 aliphatic rings. The molecule has 2 aromatic carbocycles. The number of halogens is 2. The van der Waals surface area contributed by atoms with Crippen LogP contribution >= 0.6 is 23.2 Å². The highest BCUT2D eigenvalue weighted by Gasteiger charge is 2.26. The Hall–Kier alpha value is -2.24. The molecule has 0 aliphatic heterocycles. The molecule has 1 N–H and O–H groups in total. The van der Waals surface area contributed by atoms with Crippen LogP contribution in [0.4, 0.5) is 0 Å².